The van der Waals surface area contributed by atoms with E-state index in [-0.39, 0.29) is 31.4 Å². The van der Waals surface area contributed by atoms with Crippen molar-refractivity contribution in [3.63, 3.8) is 0 Å². The van der Waals surface area contributed by atoms with Crippen molar-refractivity contribution in [1.82, 2.24) is 0 Å². The summed E-state index contributed by atoms with van der Waals surface area (Å²) in [4.78, 5) is 25.9. The van der Waals surface area contributed by atoms with Crippen molar-refractivity contribution in [3.05, 3.63) is 36.0 Å². The molecule has 360 valence electrons. The molecule has 0 radical (unpaired) electrons. The van der Waals surface area contributed by atoms with E-state index >= 15 is 0 Å². The normalized spacial score (nSPS) is 28.4. The average Bonchev–Trinajstić information content (AvgIpc) is 3.63. The fourth-order valence-electron chi connectivity index (χ4n) is 13.4. The van der Waals surface area contributed by atoms with Gasteiger partial charge in [-0.15, -0.1) is 0 Å². The number of esters is 2. The van der Waals surface area contributed by atoms with E-state index in [9.17, 15) is 9.59 Å². The molecule has 0 N–H and O–H groups in total. The zero-order valence-corrected chi connectivity index (χ0v) is 41.4. The third-order valence-corrected chi connectivity index (χ3v) is 16.8. The van der Waals surface area contributed by atoms with Gasteiger partial charge >= 0.3 is 11.9 Å². The van der Waals surface area contributed by atoms with E-state index in [1.54, 1.807) is 5.57 Å². The van der Waals surface area contributed by atoms with Gasteiger partial charge < -0.3 is 18.9 Å². The number of carbonyl (C=O) groups excluding carboxylic acids is 2. The lowest BCUT2D eigenvalue weighted by molar-refractivity contribution is -0.164. The Morgan fingerprint density at radius 3 is 2.24 bits per heavy atom. The number of carbonyl (C=O) groups is 2. The summed E-state index contributed by atoms with van der Waals surface area (Å²) >= 11 is 0. The Balaban J connectivity index is 0.937. The van der Waals surface area contributed by atoms with Gasteiger partial charge in [-0.05, 0) is 143 Å². The average molecular weight is 877 g/mol. The summed E-state index contributed by atoms with van der Waals surface area (Å²) in [5, 5.41) is 0. The molecule has 0 aliphatic heterocycles. The molecule has 0 spiro atoms. The highest BCUT2D eigenvalue weighted by molar-refractivity contribution is 5.73. The van der Waals surface area contributed by atoms with Crippen molar-refractivity contribution in [2.45, 2.75) is 233 Å². The van der Waals surface area contributed by atoms with Gasteiger partial charge in [0.05, 0.1) is 6.61 Å². The van der Waals surface area contributed by atoms with Gasteiger partial charge in [0.2, 0.25) is 0 Å². The molecule has 0 bridgehead atoms. The molecular formula is C57H96O6. The molecule has 5 aliphatic rings. The molecule has 0 aromatic rings. The van der Waals surface area contributed by atoms with Crippen LogP contribution in [0, 0.1) is 52.8 Å². The van der Waals surface area contributed by atoms with Crippen molar-refractivity contribution in [2.75, 3.05) is 26.4 Å². The Labute approximate surface area is 387 Å². The summed E-state index contributed by atoms with van der Waals surface area (Å²) in [6.45, 7) is 12.9. The summed E-state index contributed by atoms with van der Waals surface area (Å²) in [6.07, 6.45) is 47.1. The first-order chi connectivity index (χ1) is 30.7. The third kappa shape index (κ3) is 17.7. The minimum atomic E-state index is -0.416. The first-order valence-electron chi connectivity index (χ1n) is 27.2. The smallest absolute Gasteiger partial charge is 0.332 e. The first kappa shape index (κ1) is 52.1. The number of rotatable bonds is 30. The maximum Gasteiger partial charge on any atom is 0.332 e. The number of fused-ring (bicyclic) bond motifs is 5. The maximum absolute atomic E-state index is 13.0. The second-order valence-corrected chi connectivity index (χ2v) is 22.0. The zero-order chi connectivity index (χ0) is 44.7. The fraction of sp³-hybridized carbons (Fsp3) is 0.860. The lowest BCUT2D eigenvalue weighted by Gasteiger charge is -2.54. The first-order valence-corrected chi connectivity index (χ1v) is 27.2. The number of hydrogen-bond donors (Lipinski definition) is 0. The second kappa shape index (κ2) is 29.0. The molecule has 6 heteroatoms. The van der Waals surface area contributed by atoms with Crippen molar-refractivity contribution >= 4 is 11.9 Å². The predicted octanol–water partition coefficient (Wildman–Crippen LogP) is 15.3. The van der Waals surface area contributed by atoms with Crippen molar-refractivity contribution in [3.8, 4) is 0 Å². The zero-order valence-electron chi connectivity index (χ0n) is 41.4. The predicted molar refractivity (Wildman–Crippen MR) is 260 cm³/mol. The number of ether oxygens (including phenoxy) is 4. The molecular weight excluding hydrogens is 781 g/mol. The van der Waals surface area contributed by atoms with Crippen LogP contribution in [-0.4, -0.2) is 50.6 Å². The Morgan fingerprint density at radius 2 is 1.48 bits per heavy atom. The summed E-state index contributed by atoms with van der Waals surface area (Å²) in [5.41, 5.74) is 2.05. The minimum Gasteiger partial charge on any atom is -0.460 e. The largest absolute Gasteiger partial charge is 0.460 e. The molecule has 0 amide bonds. The Bertz CT molecular complexity index is 1380. The molecule has 5 unspecified atom stereocenters. The fourth-order valence-corrected chi connectivity index (χ4v) is 13.4. The second-order valence-electron chi connectivity index (χ2n) is 22.0. The van der Waals surface area contributed by atoms with Crippen LogP contribution in [-0.2, 0) is 28.5 Å². The van der Waals surface area contributed by atoms with Crippen LogP contribution in [0.15, 0.2) is 36.0 Å². The number of hydrogen-bond acceptors (Lipinski definition) is 6. The lowest BCUT2D eigenvalue weighted by Crippen LogP contribution is -2.47. The van der Waals surface area contributed by atoms with Gasteiger partial charge in [-0.25, -0.2) is 9.59 Å². The summed E-state index contributed by atoms with van der Waals surface area (Å²) in [6, 6.07) is 0. The van der Waals surface area contributed by atoms with Crippen LogP contribution >= 0.6 is 0 Å². The van der Waals surface area contributed by atoms with E-state index in [2.05, 4.69) is 65.0 Å². The van der Waals surface area contributed by atoms with Crippen LogP contribution in [0.3, 0.4) is 0 Å². The minimum absolute atomic E-state index is 0.0923. The van der Waals surface area contributed by atoms with Crippen molar-refractivity contribution in [1.29, 1.82) is 0 Å². The molecule has 0 saturated heterocycles. The molecule has 5 rings (SSSR count). The highest BCUT2D eigenvalue weighted by Gasteiger charge is 2.56. The summed E-state index contributed by atoms with van der Waals surface area (Å²) in [5.74, 6) is 5.48. The number of unbranched alkanes of at least 4 members (excludes halogenated alkanes) is 9. The van der Waals surface area contributed by atoms with Gasteiger partial charge in [-0.1, -0.05) is 160 Å². The van der Waals surface area contributed by atoms with Crippen LogP contribution in [0.1, 0.15) is 221 Å². The molecule has 63 heavy (non-hydrogen) atoms. The Kier molecular flexibility index (Phi) is 23.9. The van der Waals surface area contributed by atoms with E-state index < -0.39 is 5.97 Å². The maximum atomic E-state index is 13.0. The van der Waals surface area contributed by atoms with Gasteiger partial charge in [0.25, 0.3) is 0 Å². The topological polar surface area (TPSA) is 71.1 Å². The van der Waals surface area contributed by atoms with E-state index in [4.69, 9.17) is 18.9 Å². The summed E-state index contributed by atoms with van der Waals surface area (Å²) in [7, 11) is 0. The molecule has 5 aliphatic carbocycles. The quantitative estimate of drug-likeness (QED) is 0.0407. The Morgan fingerprint density at radius 1 is 0.746 bits per heavy atom. The Hall–Kier alpha value is -1.92. The molecule has 0 aromatic heterocycles. The molecule has 4 fully saturated rings. The van der Waals surface area contributed by atoms with Crippen LogP contribution in [0.4, 0.5) is 0 Å². The van der Waals surface area contributed by atoms with Crippen LogP contribution < -0.4 is 0 Å². The lowest BCUT2D eigenvalue weighted by atomic mass is 9.51. The SMILES string of the molecule is CCCCCC=CCC=CCCCCCCCCOCC(CC1CCCCC1)OC(=O)COCC(=O)O[C@H]1CCC2C(=CCC3C2CC[C@@]2(C)C3CC[C@@H]2[C@H](C)CCCC(C)C)C1. The third-order valence-electron chi connectivity index (χ3n) is 16.8. The highest BCUT2D eigenvalue weighted by atomic mass is 16.6. The van der Waals surface area contributed by atoms with Gasteiger partial charge in [-0.3, -0.25) is 0 Å². The van der Waals surface area contributed by atoms with Crippen LogP contribution in [0.25, 0.3) is 0 Å². The van der Waals surface area contributed by atoms with Gasteiger partial charge in [0.1, 0.15) is 25.4 Å². The summed E-state index contributed by atoms with van der Waals surface area (Å²) < 4.78 is 23.6. The molecule has 0 aromatic carbocycles. The molecule has 9 atom stereocenters. The van der Waals surface area contributed by atoms with Gasteiger partial charge in [0, 0.05) is 13.0 Å². The van der Waals surface area contributed by atoms with Gasteiger partial charge in [0.15, 0.2) is 0 Å². The van der Waals surface area contributed by atoms with E-state index in [1.165, 1.54) is 148 Å². The van der Waals surface area contributed by atoms with E-state index in [0.29, 0.717) is 30.5 Å². The molecule has 4 saturated carbocycles. The van der Waals surface area contributed by atoms with Crippen molar-refractivity contribution in [2.24, 2.45) is 52.8 Å². The monoisotopic (exact) mass is 877 g/mol. The van der Waals surface area contributed by atoms with Crippen molar-refractivity contribution < 1.29 is 28.5 Å². The highest BCUT2D eigenvalue weighted by Crippen LogP contribution is 2.65. The standard InChI is InChI=1S/C57H96O6/c1-6-7-8-9-10-11-12-13-14-15-16-17-18-19-20-24-38-60-41-49(39-46-28-22-21-23-29-46)63-56(59)43-61-42-55(58)62-48-31-33-50-47(40-48)30-32-52-51(50)36-37-57(5)53(34-35-54(52)57)45(4)27-25-26-44(2)3/h10-11,13-14,30,44-46,48-54H,6-9,12,15-29,31-43H2,1-5H3/t45-,48+,49?,50?,51?,52?,53-,54?,57-/m1/s1. The van der Waals surface area contributed by atoms with Gasteiger partial charge in [-0.2, -0.15) is 0 Å². The van der Waals surface area contributed by atoms with E-state index in [0.717, 1.165) is 74.0 Å². The van der Waals surface area contributed by atoms with Crippen LogP contribution in [0.2, 0.25) is 0 Å². The number of allylic oxidation sites excluding steroid dienone is 5. The van der Waals surface area contributed by atoms with Crippen LogP contribution in [0.5, 0.6) is 0 Å². The van der Waals surface area contributed by atoms with E-state index in [1.807, 2.05) is 0 Å². The molecule has 6 nitrogen and oxygen atoms in total. The molecule has 0 heterocycles.